The van der Waals surface area contributed by atoms with Gasteiger partial charge in [0.1, 0.15) is 11.4 Å². The standard InChI is InChI=1S/C14H17N5O3/c1-8-6-12(20)18-14(16-8)19-13(15)17-10-7-9(21-2)4-5-11(10)22-3/h4-7H,1-3H3,(H4,15,16,17,18,19,20)/p+1. The van der Waals surface area contributed by atoms with Gasteiger partial charge in [0.15, 0.2) is 5.75 Å². The maximum Gasteiger partial charge on any atom is 0.325 e. The number of nitrogens with two attached hydrogens (primary N) is 1. The molecule has 8 nitrogen and oxygen atoms in total. The number of ether oxygens (including phenoxy) is 2. The Labute approximate surface area is 127 Å². The van der Waals surface area contributed by atoms with Crippen molar-refractivity contribution in [1.29, 1.82) is 0 Å². The Hall–Kier alpha value is -3.03. The molecule has 8 heteroatoms. The van der Waals surface area contributed by atoms with Crippen LogP contribution in [0.1, 0.15) is 5.69 Å². The van der Waals surface area contributed by atoms with Crippen molar-refractivity contribution < 1.29 is 14.5 Å². The highest BCUT2D eigenvalue weighted by atomic mass is 16.5. The first-order chi connectivity index (χ1) is 10.5. The van der Waals surface area contributed by atoms with Crippen molar-refractivity contribution in [2.24, 2.45) is 5.73 Å². The van der Waals surface area contributed by atoms with Crippen LogP contribution in [0.2, 0.25) is 0 Å². The number of guanidine groups is 1. The van der Waals surface area contributed by atoms with E-state index in [-0.39, 0.29) is 17.5 Å². The largest absolute Gasteiger partial charge is 0.497 e. The molecular formula is C14H18N5O3+. The molecule has 0 amide bonds. The van der Waals surface area contributed by atoms with Crippen LogP contribution in [0.4, 0.5) is 11.6 Å². The highest BCUT2D eigenvalue weighted by Gasteiger charge is 2.09. The fourth-order valence-electron chi connectivity index (χ4n) is 1.85. The van der Waals surface area contributed by atoms with Gasteiger partial charge in [-0.25, -0.2) is 9.98 Å². The van der Waals surface area contributed by atoms with E-state index in [4.69, 9.17) is 15.2 Å². The number of aryl methyl sites for hydroxylation is 1. The smallest absolute Gasteiger partial charge is 0.325 e. The monoisotopic (exact) mass is 304 g/mol. The Balaban J connectivity index is 2.29. The summed E-state index contributed by atoms with van der Waals surface area (Å²) in [5, 5.41) is 2.94. The van der Waals surface area contributed by atoms with E-state index in [9.17, 15) is 4.79 Å². The molecule has 0 saturated carbocycles. The lowest BCUT2D eigenvalue weighted by Crippen LogP contribution is -2.73. The number of hydrogen-bond donors (Lipinski definition) is 4. The predicted octanol–water partition coefficient (Wildman–Crippen LogP) is -0.766. The number of H-pyrrole nitrogens is 1. The van der Waals surface area contributed by atoms with E-state index in [1.54, 1.807) is 39.3 Å². The Morgan fingerprint density at radius 1 is 1.32 bits per heavy atom. The lowest BCUT2D eigenvalue weighted by atomic mass is 10.2. The summed E-state index contributed by atoms with van der Waals surface area (Å²) in [4.78, 5) is 20.8. The first-order valence-corrected chi connectivity index (χ1v) is 6.48. The molecular weight excluding hydrogens is 286 g/mol. The van der Waals surface area contributed by atoms with Gasteiger partial charge < -0.3 is 15.2 Å². The molecule has 0 aliphatic heterocycles. The minimum atomic E-state index is -0.262. The average Bonchev–Trinajstić information content (AvgIpc) is 2.45. The van der Waals surface area contributed by atoms with E-state index in [0.717, 1.165) is 0 Å². The van der Waals surface area contributed by atoms with Gasteiger partial charge in [0.05, 0.1) is 19.9 Å². The molecule has 5 N–H and O–H groups in total. The second kappa shape index (κ2) is 6.61. The first-order valence-electron chi connectivity index (χ1n) is 6.48. The van der Waals surface area contributed by atoms with Crippen LogP contribution in [-0.4, -0.2) is 30.1 Å². The van der Waals surface area contributed by atoms with Crippen molar-refractivity contribution in [3.8, 4) is 11.5 Å². The summed E-state index contributed by atoms with van der Waals surface area (Å²) >= 11 is 0. The molecule has 1 heterocycles. The fourth-order valence-corrected chi connectivity index (χ4v) is 1.85. The lowest BCUT2D eigenvalue weighted by molar-refractivity contribution is -0.365. The molecule has 2 aromatic rings. The Morgan fingerprint density at radius 2 is 2.09 bits per heavy atom. The molecule has 22 heavy (non-hydrogen) atoms. The van der Waals surface area contributed by atoms with Gasteiger partial charge in [-0.2, -0.15) is 0 Å². The van der Waals surface area contributed by atoms with Gasteiger partial charge in [0.25, 0.3) is 11.5 Å². The summed E-state index contributed by atoms with van der Waals surface area (Å²) in [6, 6.07) is 6.65. The first kappa shape index (κ1) is 15.4. The second-order valence-electron chi connectivity index (χ2n) is 4.47. The number of nitrogens with zero attached hydrogens (tertiary/aromatic N) is 1. The zero-order chi connectivity index (χ0) is 16.1. The molecule has 0 spiro atoms. The quantitative estimate of drug-likeness (QED) is 0.435. The second-order valence-corrected chi connectivity index (χ2v) is 4.47. The Kier molecular flexibility index (Phi) is 4.62. The molecule has 116 valence electrons. The Bertz CT molecular complexity index is 754. The molecule has 0 radical (unpaired) electrons. The third-order valence-corrected chi connectivity index (χ3v) is 2.80. The van der Waals surface area contributed by atoms with E-state index >= 15 is 0 Å². The molecule has 1 aromatic heterocycles. The number of aromatic amines is 1. The van der Waals surface area contributed by atoms with Crippen molar-refractivity contribution in [2.75, 3.05) is 19.5 Å². The molecule has 1 aromatic carbocycles. The van der Waals surface area contributed by atoms with Crippen molar-refractivity contribution >= 4 is 17.6 Å². The van der Waals surface area contributed by atoms with Gasteiger partial charge >= 0.3 is 5.95 Å². The predicted molar refractivity (Wildman–Crippen MR) is 82.6 cm³/mol. The molecule has 0 aliphatic carbocycles. The number of benzene rings is 1. The molecule has 0 bridgehead atoms. The van der Waals surface area contributed by atoms with Crippen molar-refractivity contribution in [1.82, 2.24) is 9.97 Å². The van der Waals surface area contributed by atoms with E-state index < -0.39 is 0 Å². The zero-order valence-corrected chi connectivity index (χ0v) is 12.6. The minimum Gasteiger partial charge on any atom is -0.497 e. The SMILES string of the molecule is COc1ccc(OC)c(NC(N)=[NH+]c2nc(C)cc(=O)[nH]2)c1. The average molecular weight is 304 g/mol. The van der Waals surface area contributed by atoms with Crippen LogP contribution >= 0.6 is 0 Å². The summed E-state index contributed by atoms with van der Waals surface area (Å²) in [7, 11) is 3.12. The number of rotatable bonds is 4. The van der Waals surface area contributed by atoms with Crippen molar-refractivity contribution in [3.05, 3.63) is 40.3 Å². The topological polar surface area (TPSA) is 116 Å². The molecule has 0 unspecified atom stereocenters. The summed E-state index contributed by atoms with van der Waals surface area (Å²) in [6.45, 7) is 1.72. The van der Waals surface area contributed by atoms with Gasteiger partial charge in [-0.3, -0.25) is 10.1 Å². The van der Waals surface area contributed by atoms with E-state index in [1.165, 1.54) is 6.07 Å². The highest BCUT2D eigenvalue weighted by Crippen LogP contribution is 2.28. The number of nitrogens with one attached hydrogen (secondary N) is 3. The van der Waals surface area contributed by atoms with E-state index in [0.29, 0.717) is 22.9 Å². The molecule has 0 atom stereocenters. The number of methoxy groups -OCH3 is 2. The number of aromatic nitrogens is 2. The summed E-state index contributed by atoms with van der Waals surface area (Å²) < 4.78 is 10.4. The van der Waals surface area contributed by atoms with Gasteiger partial charge in [-0.15, -0.1) is 4.98 Å². The fraction of sp³-hybridized carbons (Fsp3) is 0.214. The van der Waals surface area contributed by atoms with Crippen molar-refractivity contribution in [3.63, 3.8) is 0 Å². The summed E-state index contributed by atoms with van der Waals surface area (Å²) in [5.41, 5.74) is 6.82. The molecule has 2 rings (SSSR count). The van der Waals surface area contributed by atoms with Gasteiger partial charge in [-0.05, 0) is 19.1 Å². The molecule has 0 fully saturated rings. The van der Waals surface area contributed by atoms with Crippen LogP contribution in [0.15, 0.2) is 29.1 Å². The zero-order valence-electron chi connectivity index (χ0n) is 12.6. The minimum absolute atomic E-state index is 0.181. The van der Waals surface area contributed by atoms with Crippen LogP contribution in [-0.2, 0) is 0 Å². The van der Waals surface area contributed by atoms with E-state index in [2.05, 4.69) is 20.3 Å². The number of anilines is 1. The Morgan fingerprint density at radius 3 is 2.73 bits per heavy atom. The maximum atomic E-state index is 11.4. The molecule has 0 aliphatic rings. The van der Waals surface area contributed by atoms with Crippen molar-refractivity contribution in [2.45, 2.75) is 6.92 Å². The third-order valence-electron chi connectivity index (χ3n) is 2.80. The lowest BCUT2D eigenvalue weighted by Gasteiger charge is -2.09. The van der Waals surface area contributed by atoms with Gasteiger partial charge in [0.2, 0.25) is 0 Å². The normalized spacial score (nSPS) is 11.1. The van der Waals surface area contributed by atoms with Crippen LogP contribution in [0, 0.1) is 6.92 Å². The van der Waals surface area contributed by atoms with Crippen LogP contribution in [0.25, 0.3) is 0 Å². The molecule has 0 saturated heterocycles. The number of hydrogen-bond acceptors (Lipinski definition) is 4. The maximum absolute atomic E-state index is 11.4. The van der Waals surface area contributed by atoms with Crippen LogP contribution in [0.5, 0.6) is 11.5 Å². The van der Waals surface area contributed by atoms with Gasteiger partial charge in [-0.1, -0.05) is 0 Å². The van der Waals surface area contributed by atoms with Crippen LogP contribution < -0.4 is 31.1 Å². The third kappa shape index (κ3) is 3.75. The van der Waals surface area contributed by atoms with Crippen LogP contribution in [0.3, 0.4) is 0 Å². The summed E-state index contributed by atoms with van der Waals surface area (Å²) in [6.07, 6.45) is 0. The highest BCUT2D eigenvalue weighted by molar-refractivity contribution is 5.90. The van der Waals surface area contributed by atoms with E-state index in [1.807, 2.05) is 0 Å². The summed E-state index contributed by atoms with van der Waals surface area (Å²) in [5.74, 6) is 1.67. The van der Waals surface area contributed by atoms with Gasteiger partial charge in [0, 0.05) is 12.1 Å².